The summed E-state index contributed by atoms with van der Waals surface area (Å²) in [5.41, 5.74) is 0. The minimum absolute atomic E-state index is 0.285. The third-order valence-electron chi connectivity index (χ3n) is 0.247. The predicted octanol–water partition coefficient (Wildman–Crippen LogP) is -0.752. The molecule has 34 valence electrons. The Kier molecular flexibility index (Phi) is 3.75. The average Bonchev–Trinajstić information content (AvgIpc) is 1.69. The standard InChI is InChI=1S/C2HBN2O2/c4-1-6-3-7-2-5/h3H. The first kappa shape index (κ1) is 5.64. The smallest absolute Gasteiger partial charge is 0.459 e. The van der Waals surface area contributed by atoms with Crippen LogP contribution in [0, 0.1) is 23.0 Å². The van der Waals surface area contributed by atoms with Gasteiger partial charge in [0.05, 0.1) is 0 Å². The van der Waals surface area contributed by atoms with E-state index in [-0.39, 0.29) is 7.69 Å². The first-order valence-electron chi connectivity index (χ1n) is 1.43. The van der Waals surface area contributed by atoms with Gasteiger partial charge in [-0.2, -0.15) is 10.5 Å². The van der Waals surface area contributed by atoms with E-state index >= 15 is 0 Å². The van der Waals surface area contributed by atoms with Crippen molar-refractivity contribution < 1.29 is 9.31 Å². The Morgan fingerprint density at radius 2 is 1.57 bits per heavy atom. The molecule has 0 radical (unpaired) electrons. The summed E-state index contributed by atoms with van der Waals surface area (Å²) in [5, 5.41) is 15.3. The van der Waals surface area contributed by atoms with Gasteiger partial charge in [-0.25, -0.2) is 0 Å². The van der Waals surface area contributed by atoms with Gasteiger partial charge in [0, 0.05) is 0 Å². The summed E-state index contributed by atoms with van der Waals surface area (Å²) in [4.78, 5) is 0. The lowest BCUT2D eigenvalue weighted by Gasteiger charge is -1.82. The Morgan fingerprint density at radius 1 is 1.14 bits per heavy atom. The zero-order valence-corrected chi connectivity index (χ0v) is 3.42. The lowest BCUT2D eigenvalue weighted by atomic mass is 10.4. The summed E-state index contributed by atoms with van der Waals surface area (Å²) in [6.07, 6.45) is 2.65. The molecule has 0 aliphatic carbocycles. The van der Waals surface area contributed by atoms with Crippen molar-refractivity contribution in [1.29, 1.82) is 10.5 Å². The maximum atomic E-state index is 7.63. The van der Waals surface area contributed by atoms with Crippen LogP contribution in [0.5, 0.6) is 0 Å². The third-order valence-corrected chi connectivity index (χ3v) is 0.247. The summed E-state index contributed by atoms with van der Waals surface area (Å²) < 4.78 is 7.87. The van der Waals surface area contributed by atoms with E-state index in [4.69, 9.17) is 10.5 Å². The lowest BCUT2D eigenvalue weighted by Crippen LogP contribution is -1.93. The van der Waals surface area contributed by atoms with Crippen molar-refractivity contribution in [2.75, 3.05) is 0 Å². The molecule has 0 saturated heterocycles. The molecule has 0 unspecified atom stereocenters. The Morgan fingerprint density at radius 3 is 1.86 bits per heavy atom. The van der Waals surface area contributed by atoms with Crippen LogP contribution in [0.15, 0.2) is 0 Å². The fourth-order valence-corrected chi connectivity index (χ4v) is 0.0822. The highest BCUT2D eigenvalue weighted by molar-refractivity contribution is 6.18. The molecular formula is C2HBN2O2. The van der Waals surface area contributed by atoms with Crippen LogP contribution in [0.4, 0.5) is 0 Å². The first-order chi connectivity index (χ1) is 3.41. The quantitative estimate of drug-likeness (QED) is 0.257. The number of nitriles is 2. The molecule has 0 rings (SSSR count). The summed E-state index contributed by atoms with van der Waals surface area (Å²) in [5.74, 6) is 0. The molecule has 0 aliphatic rings. The van der Waals surface area contributed by atoms with Crippen LogP contribution >= 0.6 is 0 Å². The van der Waals surface area contributed by atoms with E-state index in [2.05, 4.69) is 9.31 Å². The van der Waals surface area contributed by atoms with Crippen LogP contribution in [0.2, 0.25) is 0 Å². The average molecular weight is 95.9 g/mol. The van der Waals surface area contributed by atoms with Crippen molar-refractivity contribution in [3.05, 3.63) is 0 Å². The molecule has 0 fully saturated rings. The van der Waals surface area contributed by atoms with Gasteiger partial charge in [-0.15, -0.1) is 0 Å². The minimum atomic E-state index is -0.285. The fraction of sp³-hybridized carbons (Fsp3) is 0. The van der Waals surface area contributed by atoms with Crippen molar-refractivity contribution in [3.63, 3.8) is 0 Å². The molecule has 0 aliphatic heterocycles. The van der Waals surface area contributed by atoms with E-state index in [1.54, 1.807) is 0 Å². The van der Waals surface area contributed by atoms with Crippen LogP contribution < -0.4 is 0 Å². The lowest BCUT2D eigenvalue weighted by molar-refractivity contribution is 0.403. The molecular weight excluding hydrogens is 94.8 g/mol. The van der Waals surface area contributed by atoms with Crippen molar-refractivity contribution in [2.24, 2.45) is 0 Å². The van der Waals surface area contributed by atoms with Crippen LogP contribution in [-0.4, -0.2) is 7.69 Å². The molecule has 0 aromatic heterocycles. The summed E-state index contributed by atoms with van der Waals surface area (Å²) >= 11 is 0. The molecule has 0 atom stereocenters. The molecule has 5 heteroatoms. The second-order valence-electron chi connectivity index (χ2n) is 0.589. The molecule has 0 saturated carbocycles. The number of nitrogens with zero attached hydrogens (tertiary/aromatic N) is 2. The fourth-order valence-electron chi connectivity index (χ4n) is 0.0822. The molecule has 4 nitrogen and oxygen atoms in total. The summed E-state index contributed by atoms with van der Waals surface area (Å²) in [6, 6.07) is 0. The van der Waals surface area contributed by atoms with Gasteiger partial charge >= 0.3 is 7.69 Å². The molecule has 0 spiro atoms. The highest BCUT2D eigenvalue weighted by Gasteiger charge is 1.85. The van der Waals surface area contributed by atoms with Crippen LogP contribution in [-0.2, 0) is 9.31 Å². The number of hydrogen-bond donors (Lipinski definition) is 0. The zero-order chi connectivity index (χ0) is 5.54. The maximum absolute atomic E-state index is 7.63. The molecule has 0 amide bonds. The maximum Gasteiger partial charge on any atom is 0.596 e. The van der Waals surface area contributed by atoms with Gasteiger partial charge in [0.15, 0.2) is 0 Å². The van der Waals surface area contributed by atoms with E-state index in [0.29, 0.717) is 0 Å². The number of rotatable bonds is 2. The highest BCUT2D eigenvalue weighted by Crippen LogP contribution is 1.63. The van der Waals surface area contributed by atoms with Crippen molar-refractivity contribution in [2.45, 2.75) is 0 Å². The second kappa shape index (κ2) is 4.64. The van der Waals surface area contributed by atoms with Crippen LogP contribution in [0.1, 0.15) is 0 Å². The van der Waals surface area contributed by atoms with Gasteiger partial charge in [-0.1, -0.05) is 0 Å². The van der Waals surface area contributed by atoms with Crippen molar-refractivity contribution in [3.8, 4) is 12.5 Å². The van der Waals surface area contributed by atoms with Gasteiger partial charge in [0.2, 0.25) is 0 Å². The monoisotopic (exact) mass is 96.0 g/mol. The molecule has 0 N–H and O–H groups in total. The normalized spacial score (nSPS) is 4.86. The molecule has 0 aromatic rings. The Bertz CT molecular complexity index is 97.8. The Labute approximate surface area is 41.2 Å². The summed E-state index contributed by atoms with van der Waals surface area (Å²) in [6.45, 7) is 0. The first-order valence-corrected chi connectivity index (χ1v) is 1.43. The Balaban J connectivity index is 2.77. The second-order valence-corrected chi connectivity index (χ2v) is 0.589. The van der Waals surface area contributed by atoms with E-state index in [0.717, 1.165) is 0 Å². The van der Waals surface area contributed by atoms with Gasteiger partial charge in [-0.05, 0) is 0 Å². The third kappa shape index (κ3) is 4.64. The van der Waals surface area contributed by atoms with E-state index in [9.17, 15) is 0 Å². The minimum Gasteiger partial charge on any atom is -0.459 e. The van der Waals surface area contributed by atoms with Crippen LogP contribution in [0.3, 0.4) is 0 Å². The highest BCUT2D eigenvalue weighted by atomic mass is 16.6. The van der Waals surface area contributed by atoms with E-state index in [1.165, 1.54) is 12.5 Å². The van der Waals surface area contributed by atoms with Gasteiger partial charge in [0.1, 0.15) is 0 Å². The van der Waals surface area contributed by atoms with Crippen molar-refractivity contribution >= 4 is 7.69 Å². The molecule has 0 heterocycles. The van der Waals surface area contributed by atoms with Crippen LogP contribution in [0.25, 0.3) is 0 Å². The van der Waals surface area contributed by atoms with E-state index in [1.807, 2.05) is 0 Å². The van der Waals surface area contributed by atoms with Gasteiger partial charge < -0.3 is 9.31 Å². The van der Waals surface area contributed by atoms with E-state index < -0.39 is 0 Å². The molecule has 0 bridgehead atoms. The molecule has 7 heavy (non-hydrogen) atoms. The zero-order valence-electron chi connectivity index (χ0n) is 3.42. The summed E-state index contributed by atoms with van der Waals surface area (Å²) in [7, 11) is -0.285. The van der Waals surface area contributed by atoms with Gasteiger partial charge in [-0.3, -0.25) is 0 Å². The number of hydrogen-bond acceptors (Lipinski definition) is 4. The topological polar surface area (TPSA) is 66.0 Å². The van der Waals surface area contributed by atoms with Crippen molar-refractivity contribution in [1.82, 2.24) is 0 Å². The SMILES string of the molecule is N#COBOC#N. The predicted molar refractivity (Wildman–Crippen MR) is 20.5 cm³/mol. The largest absolute Gasteiger partial charge is 0.596 e. The Hall–Kier alpha value is -1.36. The molecule has 0 aromatic carbocycles. The van der Waals surface area contributed by atoms with Gasteiger partial charge in [0.25, 0.3) is 12.5 Å².